The molecule has 2 aromatic heterocycles. The number of fused-ring (bicyclic) bond motifs is 1. The second-order valence-corrected chi connectivity index (χ2v) is 6.98. The largest absolute Gasteiger partial charge is 0.330 e. The minimum atomic E-state index is -0.0426. The molecule has 5 nitrogen and oxygen atoms in total. The van der Waals surface area contributed by atoms with E-state index in [1.807, 2.05) is 42.2 Å². The number of hydrogen-bond acceptors (Lipinski definition) is 4. The number of carbonyl (C=O) groups excluding carboxylic acids is 1. The van der Waals surface area contributed by atoms with Crippen LogP contribution in [0.25, 0.3) is 5.69 Å². The van der Waals surface area contributed by atoms with Crippen molar-refractivity contribution in [3.63, 3.8) is 0 Å². The molecule has 1 aromatic carbocycles. The van der Waals surface area contributed by atoms with E-state index in [1.54, 1.807) is 11.3 Å². The molecular weight excluding hydrogens is 320 g/mol. The number of benzene rings is 1. The van der Waals surface area contributed by atoms with Crippen molar-refractivity contribution >= 4 is 17.2 Å². The molecule has 0 radical (unpaired) electrons. The van der Waals surface area contributed by atoms with E-state index in [0.29, 0.717) is 11.4 Å². The molecule has 3 heterocycles. The molecule has 24 heavy (non-hydrogen) atoms. The highest BCUT2D eigenvalue weighted by Crippen LogP contribution is 2.33. The predicted octanol–water partition coefficient (Wildman–Crippen LogP) is 3.40. The molecule has 0 N–H and O–H groups in total. The third-order valence-electron chi connectivity index (χ3n) is 4.51. The van der Waals surface area contributed by atoms with Crippen LogP contribution in [0.15, 0.2) is 41.8 Å². The van der Waals surface area contributed by atoms with E-state index in [4.69, 9.17) is 0 Å². The van der Waals surface area contributed by atoms with Crippen LogP contribution in [0.5, 0.6) is 0 Å². The van der Waals surface area contributed by atoms with Crippen LogP contribution < -0.4 is 0 Å². The van der Waals surface area contributed by atoms with Gasteiger partial charge in [-0.1, -0.05) is 18.2 Å². The van der Waals surface area contributed by atoms with E-state index >= 15 is 0 Å². The summed E-state index contributed by atoms with van der Waals surface area (Å²) < 4.78 is 0. The molecule has 0 spiro atoms. The van der Waals surface area contributed by atoms with Crippen LogP contribution >= 0.6 is 11.3 Å². The van der Waals surface area contributed by atoms with Crippen molar-refractivity contribution in [2.75, 3.05) is 6.54 Å². The quantitative estimate of drug-likeness (QED) is 0.719. The number of nitrogens with zero attached hydrogens (tertiary/aromatic N) is 4. The smallest absolute Gasteiger partial charge is 0.276 e. The lowest BCUT2D eigenvalue weighted by Crippen LogP contribution is -2.38. The van der Waals surface area contributed by atoms with E-state index in [0.717, 1.165) is 18.7 Å². The maximum Gasteiger partial charge on any atom is 0.276 e. The first-order valence-electron chi connectivity index (χ1n) is 8.02. The number of aryl methyl sites for hydroxylation is 1. The molecule has 1 aliphatic rings. The average Bonchev–Trinajstić information content (AvgIpc) is 3.22. The van der Waals surface area contributed by atoms with Gasteiger partial charge in [-0.05, 0) is 49.4 Å². The average molecular weight is 338 g/mol. The van der Waals surface area contributed by atoms with Gasteiger partial charge in [-0.15, -0.1) is 16.4 Å². The monoisotopic (exact) mass is 338 g/mol. The summed E-state index contributed by atoms with van der Waals surface area (Å²) in [6.07, 6.45) is 0.912. The molecule has 3 aromatic rings. The van der Waals surface area contributed by atoms with E-state index < -0.39 is 0 Å². The van der Waals surface area contributed by atoms with E-state index in [9.17, 15) is 4.79 Å². The van der Waals surface area contributed by atoms with Crippen LogP contribution in [0.2, 0.25) is 0 Å². The van der Waals surface area contributed by atoms with Crippen molar-refractivity contribution in [2.24, 2.45) is 0 Å². The molecule has 1 atom stereocenters. The number of thiophene rings is 1. The molecule has 0 saturated carbocycles. The predicted molar refractivity (Wildman–Crippen MR) is 93.6 cm³/mol. The molecule has 0 aliphatic carbocycles. The Kier molecular flexibility index (Phi) is 3.69. The summed E-state index contributed by atoms with van der Waals surface area (Å²) in [5, 5.41) is 11.0. The van der Waals surface area contributed by atoms with Crippen molar-refractivity contribution in [3.8, 4) is 5.69 Å². The highest BCUT2D eigenvalue weighted by molar-refractivity contribution is 7.10. The lowest BCUT2D eigenvalue weighted by atomic mass is 10.0. The number of hydrogen-bond donors (Lipinski definition) is 0. The van der Waals surface area contributed by atoms with Gasteiger partial charge in [0.15, 0.2) is 5.69 Å². The van der Waals surface area contributed by atoms with Gasteiger partial charge in [0.05, 0.1) is 17.4 Å². The summed E-state index contributed by atoms with van der Waals surface area (Å²) in [5.74, 6) is -0.0426. The minimum absolute atomic E-state index is 0.0426. The molecule has 1 amide bonds. The van der Waals surface area contributed by atoms with Gasteiger partial charge < -0.3 is 4.90 Å². The fourth-order valence-electron chi connectivity index (χ4n) is 3.18. The topological polar surface area (TPSA) is 51.0 Å². The molecular formula is C18H18N4OS. The van der Waals surface area contributed by atoms with E-state index in [1.165, 1.54) is 15.2 Å². The second-order valence-electron chi connectivity index (χ2n) is 5.98. The van der Waals surface area contributed by atoms with Crippen LogP contribution in [-0.4, -0.2) is 32.3 Å². The fraction of sp³-hybridized carbons (Fsp3) is 0.278. The van der Waals surface area contributed by atoms with Crippen LogP contribution in [0.1, 0.15) is 39.6 Å². The van der Waals surface area contributed by atoms with Crippen LogP contribution in [-0.2, 0) is 6.42 Å². The highest BCUT2D eigenvalue weighted by Gasteiger charge is 2.31. The Hall–Kier alpha value is -2.47. The maximum absolute atomic E-state index is 13.0. The van der Waals surface area contributed by atoms with Crippen molar-refractivity contribution in [3.05, 3.63) is 63.6 Å². The van der Waals surface area contributed by atoms with Gasteiger partial charge in [-0.25, -0.2) is 0 Å². The molecule has 4 rings (SSSR count). The fourth-order valence-corrected chi connectivity index (χ4v) is 4.14. The summed E-state index contributed by atoms with van der Waals surface area (Å²) in [7, 11) is 0. The molecule has 1 aliphatic heterocycles. The third kappa shape index (κ3) is 2.43. The van der Waals surface area contributed by atoms with Gasteiger partial charge in [-0.3, -0.25) is 4.79 Å². The second kappa shape index (κ2) is 5.87. The SMILES string of the molecule is Cc1nn(-c2ccccc2)nc1C(=O)N1CCc2sccc2C1C. The van der Waals surface area contributed by atoms with E-state index in [2.05, 4.69) is 28.6 Å². The van der Waals surface area contributed by atoms with Crippen molar-refractivity contribution in [1.29, 1.82) is 0 Å². The van der Waals surface area contributed by atoms with Gasteiger partial charge in [0.25, 0.3) is 5.91 Å². The Morgan fingerprint density at radius 3 is 2.79 bits per heavy atom. The van der Waals surface area contributed by atoms with Crippen LogP contribution in [0.3, 0.4) is 0 Å². The van der Waals surface area contributed by atoms with Crippen molar-refractivity contribution in [2.45, 2.75) is 26.3 Å². The first kappa shape index (κ1) is 15.1. The minimum Gasteiger partial charge on any atom is -0.330 e. The Labute approximate surface area is 144 Å². The first-order valence-corrected chi connectivity index (χ1v) is 8.89. The summed E-state index contributed by atoms with van der Waals surface area (Å²) >= 11 is 1.77. The van der Waals surface area contributed by atoms with Gasteiger partial charge in [0, 0.05) is 11.4 Å². The number of amides is 1. The van der Waals surface area contributed by atoms with Gasteiger partial charge in [-0.2, -0.15) is 9.90 Å². The molecule has 1 unspecified atom stereocenters. The summed E-state index contributed by atoms with van der Waals surface area (Å²) in [4.78, 5) is 17.8. The zero-order chi connectivity index (χ0) is 16.7. The molecule has 122 valence electrons. The highest BCUT2D eigenvalue weighted by atomic mass is 32.1. The summed E-state index contributed by atoms with van der Waals surface area (Å²) in [5.41, 5.74) is 3.20. The maximum atomic E-state index is 13.0. The lowest BCUT2D eigenvalue weighted by molar-refractivity contribution is 0.0672. The van der Waals surface area contributed by atoms with Crippen molar-refractivity contribution in [1.82, 2.24) is 19.9 Å². The standard InChI is InChI=1S/C18H18N4OS/c1-12-17(20-22(19-12)14-6-4-3-5-7-14)18(23)21-10-8-16-15(13(21)2)9-11-24-16/h3-7,9,11,13H,8,10H2,1-2H3. The summed E-state index contributed by atoms with van der Waals surface area (Å²) in [6.45, 7) is 4.65. The number of para-hydroxylation sites is 1. The molecule has 6 heteroatoms. The summed E-state index contributed by atoms with van der Waals surface area (Å²) in [6, 6.07) is 11.9. The van der Waals surface area contributed by atoms with Crippen LogP contribution in [0.4, 0.5) is 0 Å². The van der Waals surface area contributed by atoms with Crippen LogP contribution in [0, 0.1) is 6.92 Å². The Morgan fingerprint density at radius 1 is 1.21 bits per heavy atom. The number of aromatic nitrogens is 3. The Bertz CT molecular complexity index is 884. The number of carbonyl (C=O) groups is 1. The van der Waals surface area contributed by atoms with Gasteiger partial charge in [0.2, 0.25) is 0 Å². The zero-order valence-corrected chi connectivity index (χ0v) is 14.5. The van der Waals surface area contributed by atoms with Gasteiger partial charge >= 0.3 is 0 Å². The zero-order valence-electron chi connectivity index (χ0n) is 13.6. The first-order chi connectivity index (χ1) is 11.6. The Morgan fingerprint density at radius 2 is 2.00 bits per heavy atom. The Balaban J connectivity index is 1.65. The number of rotatable bonds is 2. The van der Waals surface area contributed by atoms with Gasteiger partial charge in [0.1, 0.15) is 0 Å². The molecule has 0 saturated heterocycles. The molecule has 0 bridgehead atoms. The lowest BCUT2D eigenvalue weighted by Gasteiger charge is -2.33. The third-order valence-corrected chi connectivity index (χ3v) is 5.51. The van der Waals surface area contributed by atoms with E-state index in [-0.39, 0.29) is 11.9 Å². The normalized spacial score (nSPS) is 16.9. The van der Waals surface area contributed by atoms with Crippen molar-refractivity contribution < 1.29 is 4.79 Å². The molecule has 0 fully saturated rings.